The number of aromatic nitrogens is 2. The molecule has 1 saturated heterocycles. The second-order valence-corrected chi connectivity index (χ2v) is 11.0. The van der Waals surface area contributed by atoms with Gasteiger partial charge in [-0.05, 0) is 63.9 Å². The molecule has 1 atom stereocenters. The van der Waals surface area contributed by atoms with Crippen LogP contribution >= 0.6 is 0 Å². The fourth-order valence-corrected chi connectivity index (χ4v) is 5.45. The SMILES string of the molecule is Cc1c(C(=O)NCC2CCCO2)nn(-c2ccc(F)cc2)c1Oc1ccc([N+](=O)[O-])cc1S(=O)(=O)NC(C)C. The van der Waals surface area contributed by atoms with E-state index in [2.05, 4.69) is 15.1 Å². The number of rotatable bonds is 10. The fraction of sp³-hybridized carbons (Fsp3) is 0.360. The largest absolute Gasteiger partial charge is 0.437 e. The molecule has 3 aromatic rings. The lowest BCUT2D eigenvalue weighted by Gasteiger charge is -2.15. The molecule has 4 rings (SSSR count). The second-order valence-electron chi connectivity index (χ2n) is 9.28. The van der Waals surface area contributed by atoms with Gasteiger partial charge in [0.25, 0.3) is 11.6 Å². The number of sulfonamides is 1. The number of halogens is 1. The zero-order chi connectivity index (χ0) is 28.3. The van der Waals surface area contributed by atoms with Gasteiger partial charge in [-0.1, -0.05) is 0 Å². The quantitative estimate of drug-likeness (QED) is 0.281. The summed E-state index contributed by atoms with van der Waals surface area (Å²) in [6.07, 6.45) is 1.62. The summed E-state index contributed by atoms with van der Waals surface area (Å²) in [7, 11) is -4.24. The Morgan fingerprint density at radius 3 is 2.62 bits per heavy atom. The molecule has 0 aliphatic carbocycles. The number of nitrogens with zero attached hydrogens (tertiary/aromatic N) is 3. The van der Waals surface area contributed by atoms with E-state index in [0.29, 0.717) is 12.3 Å². The van der Waals surface area contributed by atoms with Crippen LogP contribution in [-0.4, -0.2) is 54.3 Å². The highest BCUT2D eigenvalue weighted by Gasteiger charge is 2.28. The molecule has 14 heteroatoms. The Bertz CT molecular complexity index is 1480. The average Bonchev–Trinajstić information content (AvgIpc) is 3.51. The summed E-state index contributed by atoms with van der Waals surface area (Å²) < 4.78 is 55.0. The van der Waals surface area contributed by atoms with Gasteiger partial charge in [-0.3, -0.25) is 14.9 Å². The van der Waals surface area contributed by atoms with Crippen molar-refractivity contribution in [1.29, 1.82) is 0 Å². The third kappa shape index (κ3) is 6.41. The van der Waals surface area contributed by atoms with Crippen LogP contribution in [0, 0.1) is 22.9 Å². The van der Waals surface area contributed by atoms with Crippen molar-refractivity contribution in [2.45, 2.75) is 50.7 Å². The molecule has 1 fully saturated rings. The van der Waals surface area contributed by atoms with E-state index in [1.54, 1.807) is 20.8 Å². The third-order valence-electron chi connectivity index (χ3n) is 5.89. The molecule has 1 unspecified atom stereocenters. The van der Waals surface area contributed by atoms with E-state index in [0.717, 1.165) is 31.0 Å². The van der Waals surface area contributed by atoms with Gasteiger partial charge in [0.1, 0.15) is 16.5 Å². The van der Waals surface area contributed by atoms with Crippen molar-refractivity contribution in [2.75, 3.05) is 13.2 Å². The fourth-order valence-electron chi connectivity index (χ4n) is 4.05. The van der Waals surface area contributed by atoms with Crippen LogP contribution < -0.4 is 14.8 Å². The maximum atomic E-state index is 13.6. The van der Waals surface area contributed by atoms with Crippen LogP contribution in [-0.2, 0) is 14.8 Å². The van der Waals surface area contributed by atoms with Crippen LogP contribution in [0.5, 0.6) is 11.6 Å². The zero-order valence-electron chi connectivity index (χ0n) is 21.5. The first-order valence-electron chi connectivity index (χ1n) is 12.2. The van der Waals surface area contributed by atoms with Crippen LogP contribution in [0.2, 0.25) is 0 Å². The standard InChI is InChI=1S/C25H28FN5O7S/c1-15(2)29-39(35,36)22-13-19(31(33)34)10-11-21(22)38-25-16(3)23(24(32)27-14-20-5-4-12-37-20)28-30(25)18-8-6-17(26)7-9-18/h6-11,13,15,20,29H,4-5,12,14H2,1-3H3,(H,27,32). The molecule has 2 N–H and O–H groups in total. The smallest absolute Gasteiger partial charge is 0.272 e. The average molecular weight is 562 g/mol. The molecular weight excluding hydrogens is 533 g/mol. The lowest BCUT2D eigenvalue weighted by Crippen LogP contribution is -2.32. The van der Waals surface area contributed by atoms with E-state index in [9.17, 15) is 27.7 Å². The molecule has 12 nitrogen and oxygen atoms in total. The highest BCUT2D eigenvalue weighted by molar-refractivity contribution is 7.89. The minimum Gasteiger partial charge on any atom is -0.437 e. The second kappa shape index (κ2) is 11.5. The maximum Gasteiger partial charge on any atom is 0.272 e. The molecule has 1 aliphatic heterocycles. The van der Waals surface area contributed by atoms with Crippen molar-refractivity contribution in [3.8, 4) is 17.3 Å². The number of nitro groups is 1. The molecule has 0 bridgehead atoms. The van der Waals surface area contributed by atoms with Crippen molar-refractivity contribution in [3.63, 3.8) is 0 Å². The predicted molar refractivity (Wildman–Crippen MR) is 138 cm³/mol. The molecule has 1 aliphatic rings. The normalized spacial score (nSPS) is 15.5. The lowest BCUT2D eigenvalue weighted by molar-refractivity contribution is -0.385. The first-order chi connectivity index (χ1) is 18.5. The highest BCUT2D eigenvalue weighted by atomic mass is 32.2. The number of carbonyl (C=O) groups excluding carboxylic acids is 1. The molecule has 39 heavy (non-hydrogen) atoms. The van der Waals surface area contributed by atoms with E-state index >= 15 is 0 Å². The zero-order valence-corrected chi connectivity index (χ0v) is 22.3. The molecule has 0 saturated carbocycles. The van der Waals surface area contributed by atoms with E-state index < -0.39 is 43.3 Å². The number of benzene rings is 2. The molecule has 0 radical (unpaired) electrons. The van der Waals surface area contributed by atoms with Crippen LogP contribution in [0.1, 0.15) is 42.7 Å². The monoisotopic (exact) mass is 561 g/mol. The Hall–Kier alpha value is -3.88. The number of nitro benzene ring substituents is 1. The van der Waals surface area contributed by atoms with Gasteiger partial charge in [-0.15, -0.1) is 0 Å². The summed E-state index contributed by atoms with van der Waals surface area (Å²) in [6, 6.07) is 7.87. The van der Waals surface area contributed by atoms with Crippen LogP contribution in [0.4, 0.5) is 10.1 Å². The number of amides is 1. The summed E-state index contributed by atoms with van der Waals surface area (Å²) >= 11 is 0. The van der Waals surface area contributed by atoms with Gasteiger partial charge >= 0.3 is 0 Å². The Balaban J connectivity index is 1.79. The summed E-state index contributed by atoms with van der Waals surface area (Å²) in [4.78, 5) is 23.2. The van der Waals surface area contributed by atoms with Crippen molar-refractivity contribution < 1.29 is 32.0 Å². The van der Waals surface area contributed by atoms with E-state index in [1.165, 1.54) is 28.9 Å². The first kappa shape index (κ1) is 28.1. The predicted octanol–water partition coefficient (Wildman–Crippen LogP) is 3.62. The molecule has 2 aromatic carbocycles. The molecule has 1 amide bonds. The van der Waals surface area contributed by atoms with Gasteiger partial charge in [-0.25, -0.2) is 17.5 Å². The van der Waals surface area contributed by atoms with Crippen LogP contribution in [0.3, 0.4) is 0 Å². The maximum absolute atomic E-state index is 13.6. The van der Waals surface area contributed by atoms with E-state index in [-0.39, 0.29) is 35.5 Å². The van der Waals surface area contributed by atoms with Gasteiger partial charge in [0.2, 0.25) is 15.9 Å². The minimum absolute atomic E-state index is 0.000976. The molecular formula is C25H28FN5O7S. The number of non-ortho nitro benzene ring substituents is 1. The number of carbonyl (C=O) groups is 1. The Kier molecular flexibility index (Phi) is 8.28. The van der Waals surface area contributed by atoms with Crippen molar-refractivity contribution >= 4 is 21.6 Å². The molecule has 0 spiro atoms. The van der Waals surface area contributed by atoms with Crippen molar-refractivity contribution in [1.82, 2.24) is 19.8 Å². The minimum atomic E-state index is -4.24. The number of hydrogen-bond acceptors (Lipinski definition) is 8. The number of nitrogens with one attached hydrogen (secondary N) is 2. The van der Waals surface area contributed by atoms with E-state index in [4.69, 9.17) is 9.47 Å². The molecule has 1 aromatic heterocycles. The number of hydrogen-bond donors (Lipinski definition) is 2. The van der Waals surface area contributed by atoms with Crippen molar-refractivity contribution in [3.05, 3.63) is 69.7 Å². The van der Waals surface area contributed by atoms with Gasteiger partial charge in [-0.2, -0.15) is 9.78 Å². The topological polar surface area (TPSA) is 155 Å². The van der Waals surface area contributed by atoms with E-state index in [1.807, 2.05) is 0 Å². The molecule has 208 valence electrons. The number of ether oxygens (including phenoxy) is 2. The molecule has 2 heterocycles. The first-order valence-corrected chi connectivity index (χ1v) is 13.7. The summed E-state index contributed by atoms with van der Waals surface area (Å²) in [5.41, 5.74) is 0.144. The Morgan fingerprint density at radius 2 is 2.00 bits per heavy atom. The van der Waals surface area contributed by atoms with Crippen LogP contribution in [0.25, 0.3) is 5.69 Å². The summed E-state index contributed by atoms with van der Waals surface area (Å²) in [5, 5.41) is 18.5. The Labute approximate surface area is 224 Å². The summed E-state index contributed by atoms with van der Waals surface area (Å²) in [5.74, 6) is -1.26. The Morgan fingerprint density at radius 1 is 1.28 bits per heavy atom. The van der Waals surface area contributed by atoms with Gasteiger partial charge < -0.3 is 14.8 Å². The third-order valence-corrected chi connectivity index (χ3v) is 7.57. The summed E-state index contributed by atoms with van der Waals surface area (Å²) in [6.45, 7) is 5.68. The van der Waals surface area contributed by atoms with Gasteiger partial charge in [0.15, 0.2) is 5.69 Å². The van der Waals surface area contributed by atoms with Gasteiger partial charge in [0.05, 0.1) is 16.7 Å². The lowest BCUT2D eigenvalue weighted by atomic mass is 10.2. The van der Waals surface area contributed by atoms with Crippen molar-refractivity contribution in [2.24, 2.45) is 0 Å². The van der Waals surface area contributed by atoms with Crippen LogP contribution in [0.15, 0.2) is 47.4 Å². The van der Waals surface area contributed by atoms with Gasteiger partial charge in [0, 0.05) is 36.9 Å². The highest BCUT2D eigenvalue weighted by Crippen LogP contribution is 2.35.